The van der Waals surface area contributed by atoms with Gasteiger partial charge in [0.05, 0.1) is 6.61 Å². The van der Waals surface area contributed by atoms with E-state index in [2.05, 4.69) is 0 Å². The fraction of sp³-hybridized carbons (Fsp3) is 0.900. The summed E-state index contributed by atoms with van der Waals surface area (Å²) in [5, 5.41) is 7.85. The number of rotatable bonds is 4. The predicted octanol–water partition coefficient (Wildman–Crippen LogP) is 1.98. The van der Waals surface area contributed by atoms with Gasteiger partial charge in [-0.15, -0.1) is 0 Å². The van der Waals surface area contributed by atoms with Gasteiger partial charge in [-0.25, -0.2) is 0 Å². The highest BCUT2D eigenvalue weighted by Gasteiger charge is 2.20. The summed E-state index contributed by atoms with van der Waals surface area (Å²) in [6.07, 6.45) is 0. The van der Waals surface area contributed by atoms with Gasteiger partial charge in [-0.1, -0.05) is 20.8 Å². The second kappa shape index (κ2) is 5.22. The van der Waals surface area contributed by atoms with Crippen LogP contribution in [0.2, 0.25) is 0 Å². The molecule has 0 spiro atoms. The summed E-state index contributed by atoms with van der Waals surface area (Å²) in [6.45, 7) is 10.4. The molecule has 3 nitrogen and oxygen atoms in total. The van der Waals surface area contributed by atoms with E-state index in [4.69, 9.17) is 10.1 Å². The van der Waals surface area contributed by atoms with Crippen molar-refractivity contribution in [3.05, 3.63) is 0 Å². The first-order valence-corrected chi connectivity index (χ1v) is 4.77. The van der Waals surface area contributed by atoms with Gasteiger partial charge in [0.2, 0.25) is 0 Å². The molecular formula is C10H22N2O. The van der Waals surface area contributed by atoms with E-state index in [9.17, 15) is 0 Å². The molecule has 3 heteroatoms. The van der Waals surface area contributed by atoms with Crippen LogP contribution in [0.25, 0.3) is 0 Å². The molecule has 1 N–H and O–H groups in total. The van der Waals surface area contributed by atoms with Crippen molar-refractivity contribution in [2.75, 3.05) is 26.8 Å². The van der Waals surface area contributed by atoms with Crippen LogP contribution in [-0.4, -0.2) is 37.5 Å². The topological polar surface area (TPSA) is 36.3 Å². The highest BCUT2D eigenvalue weighted by molar-refractivity contribution is 5.83. The zero-order chi connectivity index (χ0) is 10.5. The SMILES string of the molecule is CCOCCN(C)C(=N)C(C)(C)C. The Balaban J connectivity index is 3.84. The van der Waals surface area contributed by atoms with Gasteiger partial charge in [0.25, 0.3) is 0 Å². The number of hydrogen-bond donors (Lipinski definition) is 1. The van der Waals surface area contributed by atoms with E-state index in [1.165, 1.54) is 0 Å². The quantitative estimate of drug-likeness (QED) is 0.414. The van der Waals surface area contributed by atoms with E-state index in [1.807, 2.05) is 39.6 Å². The fourth-order valence-electron chi connectivity index (χ4n) is 1.03. The maximum absolute atomic E-state index is 7.85. The smallest absolute Gasteiger partial charge is 0.101 e. The van der Waals surface area contributed by atoms with Crippen molar-refractivity contribution in [2.45, 2.75) is 27.7 Å². The average molecular weight is 186 g/mol. The summed E-state index contributed by atoms with van der Waals surface area (Å²) < 4.78 is 5.23. The van der Waals surface area contributed by atoms with Crippen molar-refractivity contribution in [3.8, 4) is 0 Å². The molecule has 0 aliphatic carbocycles. The third-order valence-corrected chi connectivity index (χ3v) is 1.87. The van der Waals surface area contributed by atoms with Crippen LogP contribution in [0, 0.1) is 10.8 Å². The molecular weight excluding hydrogens is 164 g/mol. The van der Waals surface area contributed by atoms with E-state index in [1.54, 1.807) is 0 Å². The largest absolute Gasteiger partial charge is 0.380 e. The second-order valence-electron chi connectivity index (χ2n) is 4.22. The van der Waals surface area contributed by atoms with Crippen LogP contribution in [0.5, 0.6) is 0 Å². The number of nitrogens with zero attached hydrogens (tertiary/aromatic N) is 1. The highest BCUT2D eigenvalue weighted by Crippen LogP contribution is 2.16. The number of amidine groups is 1. The van der Waals surface area contributed by atoms with E-state index in [0.29, 0.717) is 12.4 Å². The summed E-state index contributed by atoms with van der Waals surface area (Å²) >= 11 is 0. The first-order valence-electron chi connectivity index (χ1n) is 4.77. The maximum atomic E-state index is 7.85. The Morgan fingerprint density at radius 2 is 1.92 bits per heavy atom. The van der Waals surface area contributed by atoms with Crippen molar-refractivity contribution in [1.82, 2.24) is 4.90 Å². The summed E-state index contributed by atoms with van der Waals surface area (Å²) in [4.78, 5) is 1.94. The van der Waals surface area contributed by atoms with Gasteiger partial charge < -0.3 is 9.64 Å². The number of likely N-dealkylation sites (N-methyl/N-ethyl adjacent to an activating group) is 1. The summed E-state index contributed by atoms with van der Waals surface area (Å²) in [5.74, 6) is 0.659. The molecule has 0 aromatic rings. The van der Waals surface area contributed by atoms with Crippen molar-refractivity contribution in [1.29, 1.82) is 5.41 Å². The van der Waals surface area contributed by atoms with Crippen molar-refractivity contribution in [2.24, 2.45) is 5.41 Å². The molecule has 0 aromatic carbocycles. The highest BCUT2D eigenvalue weighted by atomic mass is 16.5. The van der Waals surface area contributed by atoms with Gasteiger partial charge in [0.15, 0.2) is 0 Å². The van der Waals surface area contributed by atoms with Gasteiger partial charge >= 0.3 is 0 Å². The molecule has 0 aliphatic heterocycles. The van der Waals surface area contributed by atoms with E-state index >= 15 is 0 Å². The molecule has 0 rings (SSSR count). The zero-order valence-corrected chi connectivity index (χ0v) is 9.48. The van der Waals surface area contributed by atoms with E-state index in [-0.39, 0.29) is 5.41 Å². The molecule has 0 aromatic heterocycles. The Kier molecular flexibility index (Phi) is 4.99. The van der Waals surface area contributed by atoms with Gasteiger partial charge in [0.1, 0.15) is 5.84 Å². The Bertz CT molecular complexity index is 161. The minimum absolute atomic E-state index is 0.0685. The minimum Gasteiger partial charge on any atom is -0.380 e. The molecule has 0 atom stereocenters. The Morgan fingerprint density at radius 1 is 1.38 bits per heavy atom. The Morgan fingerprint density at radius 3 is 2.31 bits per heavy atom. The second-order valence-corrected chi connectivity index (χ2v) is 4.22. The number of ether oxygens (including phenoxy) is 1. The Hall–Kier alpha value is -0.570. The Labute approximate surface area is 81.6 Å². The molecule has 0 amide bonds. The minimum atomic E-state index is -0.0685. The lowest BCUT2D eigenvalue weighted by Crippen LogP contribution is -2.37. The first-order chi connectivity index (χ1) is 5.89. The van der Waals surface area contributed by atoms with Crippen LogP contribution in [0.1, 0.15) is 27.7 Å². The van der Waals surface area contributed by atoms with Gasteiger partial charge in [-0.3, -0.25) is 5.41 Å². The lowest BCUT2D eigenvalue weighted by molar-refractivity contribution is 0.135. The number of nitrogens with one attached hydrogen (secondary N) is 1. The summed E-state index contributed by atoms with van der Waals surface area (Å²) in [7, 11) is 1.94. The average Bonchev–Trinajstić information content (AvgIpc) is 2.01. The molecule has 0 heterocycles. The van der Waals surface area contributed by atoms with Crippen molar-refractivity contribution in [3.63, 3.8) is 0 Å². The number of hydrogen-bond acceptors (Lipinski definition) is 2. The normalized spacial score (nSPS) is 11.5. The monoisotopic (exact) mass is 186 g/mol. The lowest BCUT2D eigenvalue weighted by Gasteiger charge is -2.29. The first kappa shape index (κ1) is 12.4. The van der Waals surface area contributed by atoms with Crippen molar-refractivity contribution < 1.29 is 4.74 Å². The van der Waals surface area contributed by atoms with Gasteiger partial charge in [0, 0.05) is 25.6 Å². The molecule has 78 valence electrons. The van der Waals surface area contributed by atoms with Crippen LogP contribution in [-0.2, 0) is 4.74 Å². The third kappa shape index (κ3) is 4.88. The fourth-order valence-corrected chi connectivity index (χ4v) is 1.03. The molecule has 0 saturated heterocycles. The lowest BCUT2D eigenvalue weighted by atomic mass is 9.94. The predicted molar refractivity (Wildman–Crippen MR) is 56.3 cm³/mol. The summed E-state index contributed by atoms with van der Waals surface area (Å²) in [5.41, 5.74) is -0.0685. The molecule has 13 heavy (non-hydrogen) atoms. The standard InChI is InChI=1S/C10H22N2O/c1-6-13-8-7-12(5)9(11)10(2,3)4/h11H,6-8H2,1-5H3. The molecule has 0 radical (unpaired) electrons. The van der Waals surface area contributed by atoms with E-state index < -0.39 is 0 Å². The van der Waals surface area contributed by atoms with Gasteiger partial charge in [-0.05, 0) is 6.92 Å². The third-order valence-electron chi connectivity index (χ3n) is 1.87. The zero-order valence-electron chi connectivity index (χ0n) is 9.48. The molecule has 0 unspecified atom stereocenters. The van der Waals surface area contributed by atoms with Crippen LogP contribution in [0.4, 0.5) is 0 Å². The molecule has 0 aliphatic rings. The molecule has 0 saturated carbocycles. The molecule has 0 bridgehead atoms. The van der Waals surface area contributed by atoms with Crippen molar-refractivity contribution >= 4 is 5.84 Å². The van der Waals surface area contributed by atoms with E-state index in [0.717, 1.165) is 13.2 Å². The summed E-state index contributed by atoms with van der Waals surface area (Å²) in [6, 6.07) is 0. The van der Waals surface area contributed by atoms with Crippen LogP contribution in [0.15, 0.2) is 0 Å². The van der Waals surface area contributed by atoms with Gasteiger partial charge in [-0.2, -0.15) is 0 Å². The van der Waals surface area contributed by atoms with Crippen LogP contribution >= 0.6 is 0 Å². The molecule has 0 fully saturated rings. The van der Waals surface area contributed by atoms with Crippen LogP contribution < -0.4 is 0 Å². The van der Waals surface area contributed by atoms with Crippen LogP contribution in [0.3, 0.4) is 0 Å². The maximum Gasteiger partial charge on any atom is 0.101 e.